The summed E-state index contributed by atoms with van der Waals surface area (Å²) in [6.45, 7) is 3.27. The number of nitrogens with zero attached hydrogens (tertiary/aromatic N) is 3. The maximum absolute atomic E-state index is 12.5. The first-order valence-electron chi connectivity index (χ1n) is 8.81. The van der Waals surface area contributed by atoms with Gasteiger partial charge in [-0.15, -0.1) is 11.3 Å². The summed E-state index contributed by atoms with van der Waals surface area (Å²) in [5.74, 6) is 0.863. The summed E-state index contributed by atoms with van der Waals surface area (Å²) in [6.07, 6.45) is 1.51. The molecule has 1 N–H and O–H groups in total. The van der Waals surface area contributed by atoms with Crippen molar-refractivity contribution in [1.29, 1.82) is 0 Å². The average Bonchev–Trinajstić information content (AvgIpc) is 3.25. The number of Topliss-reactive ketones (excluding diaryl/α,β-unsaturated/α-hetero) is 1. The molecular formula is C20H14N4O3S2. The fourth-order valence-corrected chi connectivity index (χ4v) is 5.23. The van der Waals surface area contributed by atoms with Gasteiger partial charge in [0, 0.05) is 5.39 Å². The van der Waals surface area contributed by atoms with E-state index in [0.29, 0.717) is 42.8 Å². The lowest BCUT2D eigenvalue weighted by Gasteiger charge is -2.02. The van der Waals surface area contributed by atoms with Crippen LogP contribution in [-0.2, 0) is 5.75 Å². The van der Waals surface area contributed by atoms with E-state index in [9.17, 15) is 9.59 Å². The summed E-state index contributed by atoms with van der Waals surface area (Å²) in [5.41, 5.74) is 2.58. The Labute approximate surface area is 172 Å². The number of carbonyl (C=O) groups is 1. The van der Waals surface area contributed by atoms with Crippen LogP contribution >= 0.6 is 23.1 Å². The van der Waals surface area contributed by atoms with Crippen LogP contribution in [0.5, 0.6) is 0 Å². The average molecular weight is 422 g/mol. The molecule has 9 heteroatoms. The number of aromatic amines is 1. The molecule has 0 fully saturated rings. The zero-order valence-electron chi connectivity index (χ0n) is 15.5. The van der Waals surface area contributed by atoms with E-state index in [0.717, 1.165) is 16.5 Å². The van der Waals surface area contributed by atoms with E-state index >= 15 is 0 Å². The standard InChI is InChI=1S/C20H14N4O3S2/c1-9-14-18(26)23-13(24-19(14)29-17(9)10(2)25)7-28-20-16-15(21-8-22-20)11-5-3-4-6-12(11)27-16/h3-6,8H,7H2,1-2H3,(H,23,24,26). The quantitative estimate of drug-likeness (QED) is 0.259. The van der Waals surface area contributed by atoms with Crippen molar-refractivity contribution in [2.45, 2.75) is 24.6 Å². The molecule has 0 spiro atoms. The SMILES string of the molecule is CC(=O)c1sc2nc(CSc3ncnc4c3oc3ccccc34)[nH]c(=O)c2c1C. The highest BCUT2D eigenvalue weighted by Gasteiger charge is 2.18. The van der Waals surface area contributed by atoms with Gasteiger partial charge in [-0.05, 0) is 31.5 Å². The number of thioether (sulfide) groups is 1. The van der Waals surface area contributed by atoms with Crippen LogP contribution in [0.1, 0.15) is 28.0 Å². The zero-order chi connectivity index (χ0) is 20.1. The Morgan fingerprint density at radius 2 is 2.10 bits per heavy atom. The van der Waals surface area contributed by atoms with E-state index in [-0.39, 0.29) is 11.3 Å². The van der Waals surface area contributed by atoms with Gasteiger partial charge in [0.25, 0.3) is 5.56 Å². The third kappa shape index (κ3) is 2.93. The van der Waals surface area contributed by atoms with Crippen LogP contribution in [0.4, 0.5) is 0 Å². The van der Waals surface area contributed by atoms with Crippen molar-refractivity contribution < 1.29 is 9.21 Å². The number of para-hydroxylation sites is 1. The normalized spacial score (nSPS) is 11.7. The minimum atomic E-state index is -0.233. The summed E-state index contributed by atoms with van der Waals surface area (Å²) in [7, 11) is 0. The van der Waals surface area contributed by atoms with Crippen LogP contribution in [0.25, 0.3) is 32.3 Å². The van der Waals surface area contributed by atoms with E-state index in [1.54, 1.807) is 6.92 Å². The number of hydrogen-bond donors (Lipinski definition) is 1. The molecule has 7 nitrogen and oxygen atoms in total. The third-order valence-electron chi connectivity index (χ3n) is 4.64. The number of H-pyrrole nitrogens is 1. The predicted molar refractivity (Wildman–Crippen MR) is 114 cm³/mol. The van der Waals surface area contributed by atoms with Gasteiger partial charge in [0.2, 0.25) is 0 Å². The highest BCUT2D eigenvalue weighted by atomic mass is 32.2. The van der Waals surface area contributed by atoms with E-state index in [1.165, 1.54) is 36.3 Å². The summed E-state index contributed by atoms with van der Waals surface area (Å²) in [6, 6.07) is 7.70. The largest absolute Gasteiger partial charge is 0.451 e. The number of fused-ring (bicyclic) bond motifs is 4. The second kappa shape index (κ2) is 6.78. The molecule has 0 aliphatic carbocycles. The van der Waals surface area contributed by atoms with Crippen molar-refractivity contribution in [1.82, 2.24) is 19.9 Å². The number of thiophene rings is 1. The smallest absolute Gasteiger partial charge is 0.259 e. The molecule has 4 aromatic heterocycles. The van der Waals surface area contributed by atoms with Gasteiger partial charge in [-0.2, -0.15) is 0 Å². The molecule has 0 amide bonds. The van der Waals surface area contributed by atoms with E-state index in [2.05, 4.69) is 19.9 Å². The monoisotopic (exact) mass is 422 g/mol. The Kier molecular flexibility index (Phi) is 4.21. The number of benzene rings is 1. The highest BCUT2D eigenvalue weighted by Crippen LogP contribution is 2.33. The molecule has 0 radical (unpaired) electrons. The van der Waals surface area contributed by atoms with Crippen molar-refractivity contribution in [2.75, 3.05) is 0 Å². The number of aryl methyl sites for hydroxylation is 1. The van der Waals surface area contributed by atoms with Crippen LogP contribution in [0, 0.1) is 6.92 Å². The highest BCUT2D eigenvalue weighted by molar-refractivity contribution is 7.98. The first-order valence-corrected chi connectivity index (χ1v) is 10.6. The van der Waals surface area contributed by atoms with Crippen molar-refractivity contribution in [3.8, 4) is 0 Å². The first kappa shape index (κ1) is 18.0. The number of carbonyl (C=O) groups excluding carboxylic acids is 1. The van der Waals surface area contributed by atoms with Gasteiger partial charge < -0.3 is 9.40 Å². The van der Waals surface area contributed by atoms with Crippen LogP contribution in [0.3, 0.4) is 0 Å². The molecule has 0 aliphatic heterocycles. The summed E-state index contributed by atoms with van der Waals surface area (Å²) in [5, 5.41) is 2.10. The Balaban J connectivity index is 1.52. The number of ketones is 1. The van der Waals surface area contributed by atoms with Crippen LogP contribution < -0.4 is 5.56 Å². The number of rotatable bonds is 4. The molecule has 1 aromatic carbocycles. The summed E-state index contributed by atoms with van der Waals surface area (Å²) in [4.78, 5) is 41.5. The molecule has 0 atom stereocenters. The molecule has 5 rings (SSSR count). The Morgan fingerprint density at radius 3 is 2.93 bits per heavy atom. The van der Waals surface area contributed by atoms with Gasteiger partial charge in [0.15, 0.2) is 11.4 Å². The molecule has 144 valence electrons. The summed E-state index contributed by atoms with van der Waals surface area (Å²) < 4.78 is 5.94. The Morgan fingerprint density at radius 1 is 1.28 bits per heavy atom. The van der Waals surface area contributed by atoms with Crippen molar-refractivity contribution in [3.05, 3.63) is 57.2 Å². The van der Waals surface area contributed by atoms with Crippen molar-refractivity contribution in [3.63, 3.8) is 0 Å². The van der Waals surface area contributed by atoms with Gasteiger partial charge in [0.1, 0.15) is 33.1 Å². The number of hydrogen-bond acceptors (Lipinski definition) is 8. The lowest BCUT2D eigenvalue weighted by atomic mass is 10.2. The molecule has 0 bridgehead atoms. The molecule has 4 heterocycles. The Bertz CT molecular complexity index is 1480. The third-order valence-corrected chi connectivity index (χ3v) is 6.91. The fraction of sp³-hybridized carbons (Fsp3) is 0.150. The van der Waals surface area contributed by atoms with Gasteiger partial charge in [-0.3, -0.25) is 9.59 Å². The van der Waals surface area contributed by atoms with Gasteiger partial charge in [-0.25, -0.2) is 15.0 Å². The van der Waals surface area contributed by atoms with Crippen molar-refractivity contribution >= 4 is 61.2 Å². The van der Waals surface area contributed by atoms with Crippen LogP contribution in [-0.4, -0.2) is 25.7 Å². The molecule has 0 unspecified atom stereocenters. The van der Waals surface area contributed by atoms with Crippen LogP contribution in [0.15, 0.2) is 44.8 Å². The molecule has 5 aromatic rings. The second-order valence-corrected chi connectivity index (χ2v) is 8.51. The molecule has 0 saturated heterocycles. The first-order chi connectivity index (χ1) is 14.0. The molecular weight excluding hydrogens is 408 g/mol. The number of aromatic nitrogens is 4. The van der Waals surface area contributed by atoms with Crippen LogP contribution in [0.2, 0.25) is 0 Å². The van der Waals surface area contributed by atoms with E-state index in [4.69, 9.17) is 4.42 Å². The predicted octanol–water partition coefficient (Wildman–Crippen LogP) is 4.48. The van der Waals surface area contributed by atoms with Gasteiger partial charge >= 0.3 is 0 Å². The maximum atomic E-state index is 12.5. The second-order valence-electron chi connectivity index (χ2n) is 6.55. The molecule has 29 heavy (non-hydrogen) atoms. The minimum Gasteiger partial charge on any atom is -0.451 e. The molecule has 0 saturated carbocycles. The van der Waals surface area contributed by atoms with E-state index < -0.39 is 0 Å². The number of furan rings is 1. The topological polar surface area (TPSA) is 102 Å². The Hall–Kier alpha value is -3.04. The zero-order valence-corrected chi connectivity index (χ0v) is 17.1. The number of nitrogens with one attached hydrogen (secondary N) is 1. The lowest BCUT2D eigenvalue weighted by Crippen LogP contribution is -2.11. The minimum absolute atomic E-state index is 0.0610. The lowest BCUT2D eigenvalue weighted by molar-refractivity contribution is 0.102. The maximum Gasteiger partial charge on any atom is 0.259 e. The fourth-order valence-electron chi connectivity index (χ4n) is 3.33. The van der Waals surface area contributed by atoms with Gasteiger partial charge in [-0.1, -0.05) is 23.9 Å². The molecule has 0 aliphatic rings. The van der Waals surface area contributed by atoms with E-state index in [1.807, 2.05) is 24.3 Å². The van der Waals surface area contributed by atoms with Gasteiger partial charge in [0.05, 0.1) is 16.0 Å². The van der Waals surface area contributed by atoms with Crippen molar-refractivity contribution in [2.24, 2.45) is 0 Å². The summed E-state index contributed by atoms with van der Waals surface area (Å²) >= 11 is 2.67.